The number of pyridine rings is 1. The molecule has 4 rings (SSSR count). The first kappa shape index (κ1) is 18.9. The number of benzene rings is 2. The van der Waals surface area contributed by atoms with Gasteiger partial charge in [0, 0.05) is 30.7 Å². The van der Waals surface area contributed by atoms with Crippen LogP contribution in [0.4, 0.5) is 0 Å². The van der Waals surface area contributed by atoms with Crippen LogP contribution in [0.1, 0.15) is 17.5 Å². The Morgan fingerprint density at radius 2 is 1.86 bits per heavy atom. The molecule has 1 aliphatic heterocycles. The highest BCUT2D eigenvalue weighted by atomic mass is 32.2. The summed E-state index contributed by atoms with van der Waals surface area (Å²) in [5.74, 6) is 1.31. The van der Waals surface area contributed by atoms with Crippen molar-refractivity contribution in [3.05, 3.63) is 71.9 Å². The summed E-state index contributed by atoms with van der Waals surface area (Å²) in [4.78, 5) is 6.83. The van der Waals surface area contributed by atoms with Crippen molar-refractivity contribution in [2.45, 2.75) is 25.6 Å². The third-order valence-corrected chi connectivity index (χ3v) is 7.11. The van der Waals surface area contributed by atoms with Crippen LogP contribution in [0.25, 0.3) is 10.9 Å². The van der Waals surface area contributed by atoms with Crippen LogP contribution in [0.2, 0.25) is 0 Å². The van der Waals surface area contributed by atoms with Crippen LogP contribution >= 0.6 is 0 Å². The molecule has 0 N–H and O–H groups in total. The molecular weight excluding hydrogens is 372 g/mol. The molecule has 0 aliphatic carbocycles. The zero-order chi connectivity index (χ0) is 19.6. The quantitative estimate of drug-likeness (QED) is 0.639. The molecule has 1 atom stereocenters. The maximum absolute atomic E-state index is 12.1. The van der Waals surface area contributed by atoms with E-state index in [1.165, 1.54) is 0 Å². The number of ether oxygens (including phenoxy) is 1. The van der Waals surface area contributed by atoms with Crippen LogP contribution in [-0.4, -0.2) is 43.0 Å². The number of hydrogen-bond acceptors (Lipinski definition) is 5. The number of para-hydroxylation sites is 1. The number of hydrogen-bond donors (Lipinski definition) is 0. The summed E-state index contributed by atoms with van der Waals surface area (Å²) < 4.78 is 29.4. The number of sulfone groups is 1. The van der Waals surface area contributed by atoms with E-state index in [1.807, 2.05) is 36.4 Å². The number of rotatable bonds is 6. The predicted octanol–water partition coefficient (Wildman–Crippen LogP) is 3.43. The van der Waals surface area contributed by atoms with E-state index >= 15 is 0 Å². The fourth-order valence-corrected chi connectivity index (χ4v) is 5.62. The molecular formula is C22H24N2O3S. The Labute approximate surface area is 165 Å². The van der Waals surface area contributed by atoms with Gasteiger partial charge in [-0.3, -0.25) is 9.88 Å². The fraction of sp³-hybridized carbons (Fsp3) is 0.318. The van der Waals surface area contributed by atoms with E-state index in [4.69, 9.17) is 4.74 Å². The average Bonchev–Trinajstić information content (AvgIpc) is 3.08. The molecule has 0 saturated carbocycles. The molecule has 0 spiro atoms. The highest BCUT2D eigenvalue weighted by Gasteiger charge is 2.32. The van der Waals surface area contributed by atoms with Crippen LogP contribution in [0.15, 0.2) is 60.8 Å². The number of methoxy groups -OCH3 is 1. The van der Waals surface area contributed by atoms with Crippen molar-refractivity contribution in [1.82, 2.24) is 9.88 Å². The first-order chi connectivity index (χ1) is 13.5. The van der Waals surface area contributed by atoms with Gasteiger partial charge < -0.3 is 4.74 Å². The van der Waals surface area contributed by atoms with E-state index in [-0.39, 0.29) is 17.5 Å². The van der Waals surface area contributed by atoms with Gasteiger partial charge in [0.1, 0.15) is 5.75 Å². The van der Waals surface area contributed by atoms with Gasteiger partial charge in [-0.1, -0.05) is 36.4 Å². The molecule has 28 heavy (non-hydrogen) atoms. The summed E-state index contributed by atoms with van der Waals surface area (Å²) >= 11 is 0. The minimum absolute atomic E-state index is 0.0195. The van der Waals surface area contributed by atoms with Crippen molar-refractivity contribution in [3.8, 4) is 5.75 Å². The molecule has 0 amide bonds. The summed E-state index contributed by atoms with van der Waals surface area (Å²) in [6.07, 6.45) is 2.48. The topological polar surface area (TPSA) is 59.5 Å². The van der Waals surface area contributed by atoms with Gasteiger partial charge in [0.05, 0.1) is 24.1 Å². The second kappa shape index (κ2) is 7.89. The molecule has 2 aromatic carbocycles. The summed E-state index contributed by atoms with van der Waals surface area (Å²) in [6, 6.07) is 18.1. The SMILES string of the molecule is COc1ccc(CN(Cc2cccc3cccnc23)[C@H]2CCS(=O)(=O)C2)cc1. The Kier molecular flexibility index (Phi) is 5.33. The minimum atomic E-state index is -2.96. The molecule has 2 heterocycles. The van der Waals surface area contributed by atoms with E-state index in [1.54, 1.807) is 13.3 Å². The molecule has 6 heteroatoms. The van der Waals surface area contributed by atoms with Gasteiger partial charge in [0.25, 0.3) is 0 Å². The zero-order valence-electron chi connectivity index (χ0n) is 15.9. The lowest BCUT2D eigenvalue weighted by Crippen LogP contribution is -2.35. The zero-order valence-corrected chi connectivity index (χ0v) is 16.7. The molecule has 1 aromatic heterocycles. The summed E-state index contributed by atoms with van der Waals surface area (Å²) in [5.41, 5.74) is 3.24. The highest BCUT2D eigenvalue weighted by Crippen LogP contribution is 2.25. The van der Waals surface area contributed by atoms with Gasteiger partial charge in [-0.2, -0.15) is 0 Å². The van der Waals surface area contributed by atoms with E-state index in [9.17, 15) is 8.42 Å². The first-order valence-electron chi connectivity index (χ1n) is 9.44. The van der Waals surface area contributed by atoms with Crippen LogP contribution in [0.3, 0.4) is 0 Å². The number of fused-ring (bicyclic) bond motifs is 1. The van der Waals surface area contributed by atoms with Gasteiger partial charge in [-0.05, 0) is 35.7 Å². The fourth-order valence-electron chi connectivity index (χ4n) is 3.86. The number of nitrogens with zero attached hydrogens (tertiary/aromatic N) is 2. The Morgan fingerprint density at radius 1 is 1.07 bits per heavy atom. The van der Waals surface area contributed by atoms with Gasteiger partial charge in [0.2, 0.25) is 0 Å². The molecule has 0 unspecified atom stereocenters. The van der Waals surface area contributed by atoms with Gasteiger partial charge in [-0.15, -0.1) is 0 Å². The van der Waals surface area contributed by atoms with Crippen LogP contribution in [0.5, 0.6) is 5.75 Å². The van der Waals surface area contributed by atoms with Crippen molar-refractivity contribution in [1.29, 1.82) is 0 Å². The standard InChI is InChI=1S/C22H24N2O3S/c1-27-21-9-7-17(8-10-21)14-24(20-11-13-28(25,26)16-20)15-19-5-2-4-18-6-3-12-23-22(18)19/h2-10,12,20H,11,13-16H2,1H3/t20-/m0/s1. The lowest BCUT2D eigenvalue weighted by Gasteiger charge is -2.28. The van der Waals surface area contributed by atoms with Crippen molar-refractivity contribution in [2.75, 3.05) is 18.6 Å². The second-order valence-electron chi connectivity index (χ2n) is 7.30. The molecule has 5 nitrogen and oxygen atoms in total. The summed E-state index contributed by atoms with van der Waals surface area (Å²) in [7, 11) is -1.30. The van der Waals surface area contributed by atoms with E-state index in [2.05, 4.69) is 28.1 Å². The molecule has 146 valence electrons. The first-order valence-corrected chi connectivity index (χ1v) is 11.3. The van der Waals surface area contributed by atoms with E-state index in [0.717, 1.165) is 27.8 Å². The molecule has 1 fully saturated rings. The summed E-state index contributed by atoms with van der Waals surface area (Å²) in [5, 5.41) is 1.10. The van der Waals surface area contributed by atoms with Crippen LogP contribution in [0, 0.1) is 0 Å². The molecule has 1 saturated heterocycles. The van der Waals surface area contributed by atoms with Crippen molar-refractivity contribution in [2.24, 2.45) is 0 Å². The monoisotopic (exact) mass is 396 g/mol. The minimum Gasteiger partial charge on any atom is -0.497 e. The van der Waals surface area contributed by atoms with Crippen molar-refractivity contribution >= 4 is 20.7 Å². The number of aromatic nitrogens is 1. The highest BCUT2D eigenvalue weighted by molar-refractivity contribution is 7.91. The third-order valence-electron chi connectivity index (χ3n) is 5.36. The molecule has 3 aromatic rings. The lowest BCUT2D eigenvalue weighted by molar-refractivity contribution is 0.195. The molecule has 0 bridgehead atoms. The molecule has 1 aliphatic rings. The molecule has 0 radical (unpaired) electrons. The van der Waals surface area contributed by atoms with E-state index < -0.39 is 9.84 Å². The van der Waals surface area contributed by atoms with Crippen LogP contribution < -0.4 is 4.74 Å². The third kappa shape index (κ3) is 4.18. The van der Waals surface area contributed by atoms with Crippen LogP contribution in [-0.2, 0) is 22.9 Å². The van der Waals surface area contributed by atoms with Crippen molar-refractivity contribution < 1.29 is 13.2 Å². The lowest BCUT2D eigenvalue weighted by atomic mass is 10.1. The maximum atomic E-state index is 12.1. The Hall–Kier alpha value is -2.44. The Balaban J connectivity index is 1.64. The Morgan fingerprint density at radius 3 is 2.57 bits per heavy atom. The van der Waals surface area contributed by atoms with Gasteiger partial charge >= 0.3 is 0 Å². The van der Waals surface area contributed by atoms with E-state index in [0.29, 0.717) is 19.5 Å². The maximum Gasteiger partial charge on any atom is 0.151 e. The van der Waals surface area contributed by atoms with Gasteiger partial charge in [-0.25, -0.2) is 8.42 Å². The largest absolute Gasteiger partial charge is 0.497 e. The second-order valence-corrected chi connectivity index (χ2v) is 9.53. The average molecular weight is 397 g/mol. The Bertz CT molecular complexity index is 1060. The van der Waals surface area contributed by atoms with Crippen molar-refractivity contribution in [3.63, 3.8) is 0 Å². The predicted molar refractivity (Wildman–Crippen MR) is 111 cm³/mol. The summed E-state index contributed by atoms with van der Waals surface area (Å²) in [6.45, 7) is 1.36. The normalized spacial score (nSPS) is 18.6. The smallest absolute Gasteiger partial charge is 0.151 e. The van der Waals surface area contributed by atoms with Gasteiger partial charge in [0.15, 0.2) is 9.84 Å².